The van der Waals surface area contributed by atoms with Crippen molar-refractivity contribution in [1.82, 2.24) is 14.9 Å². The number of carbonyl (C=O) groups is 2. The van der Waals surface area contributed by atoms with Crippen LogP contribution in [0.5, 0.6) is 0 Å². The fourth-order valence-corrected chi connectivity index (χ4v) is 4.02. The van der Waals surface area contributed by atoms with Gasteiger partial charge in [0.2, 0.25) is 5.91 Å². The summed E-state index contributed by atoms with van der Waals surface area (Å²) < 4.78 is 0. The summed E-state index contributed by atoms with van der Waals surface area (Å²) in [5.41, 5.74) is 1.52. The Kier molecular flexibility index (Phi) is 4.46. The van der Waals surface area contributed by atoms with Crippen LogP contribution in [0.4, 0.5) is 5.13 Å². The van der Waals surface area contributed by atoms with Gasteiger partial charge >= 0.3 is 0 Å². The van der Waals surface area contributed by atoms with E-state index in [4.69, 9.17) is 0 Å². The maximum Gasteiger partial charge on any atom is 0.270 e. The number of likely N-dealkylation sites (tertiary alicyclic amines) is 1. The van der Waals surface area contributed by atoms with Gasteiger partial charge in [0.25, 0.3) is 5.91 Å². The van der Waals surface area contributed by atoms with Crippen molar-refractivity contribution in [3.8, 4) is 0 Å². The molecule has 1 aromatic carbocycles. The number of aryl methyl sites for hydroxylation is 1. The lowest BCUT2D eigenvalue weighted by atomic mass is 9.97. The molecule has 1 atom stereocenters. The summed E-state index contributed by atoms with van der Waals surface area (Å²) in [4.78, 5) is 35.6. The average Bonchev–Trinajstić information content (AvgIpc) is 3.27. The highest BCUT2D eigenvalue weighted by Gasteiger charge is 2.30. The van der Waals surface area contributed by atoms with E-state index in [-0.39, 0.29) is 17.7 Å². The minimum absolute atomic E-state index is 0.0520. The molecule has 6 nitrogen and oxygen atoms in total. The zero-order valence-corrected chi connectivity index (χ0v) is 15.3. The normalized spacial score (nSPS) is 17.4. The Morgan fingerprint density at radius 2 is 2.19 bits per heavy atom. The summed E-state index contributed by atoms with van der Waals surface area (Å²) in [5.74, 6) is -0.321. The largest absolute Gasteiger partial charge is 0.351 e. The van der Waals surface area contributed by atoms with E-state index in [0.717, 1.165) is 28.6 Å². The Bertz CT molecular complexity index is 928. The molecule has 1 fully saturated rings. The van der Waals surface area contributed by atoms with Gasteiger partial charge in [-0.05, 0) is 31.9 Å². The van der Waals surface area contributed by atoms with Crippen molar-refractivity contribution in [3.63, 3.8) is 0 Å². The summed E-state index contributed by atoms with van der Waals surface area (Å²) in [6, 6.07) is 9.69. The molecule has 0 spiro atoms. The molecule has 1 unspecified atom stereocenters. The number of nitrogens with zero attached hydrogens (tertiary/aromatic N) is 2. The van der Waals surface area contributed by atoms with Crippen LogP contribution < -0.4 is 5.32 Å². The molecule has 2 N–H and O–H groups in total. The lowest BCUT2D eigenvalue weighted by Gasteiger charge is -2.31. The standard InChI is InChI=1S/C19H20N4O2S/c1-12-10-20-19(26-12)22-17(24)14-6-4-8-23(11-14)18(25)16-9-13-5-2-3-7-15(13)21-16/h2-3,5,7,9-10,14,21H,4,6,8,11H2,1H3,(H,20,22,24). The molecule has 4 rings (SSSR count). The summed E-state index contributed by atoms with van der Waals surface area (Å²) in [7, 11) is 0. The summed E-state index contributed by atoms with van der Waals surface area (Å²) in [5, 5.41) is 4.51. The number of para-hydroxylation sites is 1. The van der Waals surface area contributed by atoms with E-state index < -0.39 is 0 Å². The van der Waals surface area contributed by atoms with Crippen LogP contribution >= 0.6 is 11.3 Å². The quantitative estimate of drug-likeness (QED) is 0.743. The second-order valence-corrected chi connectivity index (χ2v) is 7.86. The predicted molar refractivity (Wildman–Crippen MR) is 102 cm³/mol. The molecule has 1 aliphatic rings. The minimum atomic E-state index is -0.207. The van der Waals surface area contributed by atoms with Gasteiger partial charge in [0.05, 0.1) is 5.92 Å². The number of aromatic amines is 1. The van der Waals surface area contributed by atoms with Gasteiger partial charge < -0.3 is 15.2 Å². The SMILES string of the molecule is Cc1cnc(NC(=O)C2CCCN(C(=O)c3cc4ccccc4[nH]3)C2)s1. The lowest BCUT2D eigenvalue weighted by Crippen LogP contribution is -2.43. The monoisotopic (exact) mass is 368 g/mol. The van der Waals surface area contributed by atoms with Crippen LogP contribution in [0.2, 0.25) is 0 Å². The van der Waals surface area contributed by atoms with Gasteiger partial charge in [0.15, 0.2) is 5.13 Å². The average molecular weight is 368 g/mol. The molecular weight excluding hydrogens is 348 g/mol. The minimum Gasteiger partial charge on any atom is -0.351 e. The molecule has 1 saturated heterocycles. The van der Waals surface area contributed by atoms with Crippen molar-refractivity contribution in [2.45, 2.75) is 19.8 Å². The number of amides is 2. The Labute approximate surface area is 155 Å². The third-order valence-electron chi connectivity index (χ3n) is 4.69. The first-order valence-electron chi connectivity index (χ1n) is 8.70. The maximum absolute atomic E-state index is 12.9. The lowest BCUT2D eigenvalue weighted by molar-refractivity contribution is -0.121. The fourth-order valence-electron chi connectivity index (χ4n) is 3.35. The number of hydrogen-bond donors (Lipinski definition) is 2. The molecule has 2 aromatic heterocycles. The Hall–Kier alpha value is -2.67. The molecular formula is C19H20N4O2S. The number of carbonyl (C=O) groups excluding carboxylic acids is 2. The van der Waals surface area contributed by atoms with Gasteiger partial charge in [-0.2, -0.15) is 0 Å². The van der Waals surface area contributed by atoms with Gasteiger partial charge in [-0.25, -0.2) is 4.98 Å². The predicted octanol–water partition coefficient (Wildman–Crippen LogP) is 3.42. The van der Waals surface area contributed by atoms with Gasteiger partial charge in [0.1, 0.15) is 5.69 Å². The fraction of sp³-hybridized carbons (Fsp3) is 0.316. The summed E-state index contributed by atoms with van der Waals surface area (Å²) in [6.07, 6.45) is 3.35. The molecule has 0 saturated carbocycles. The second-order valence-electron chi connectivity index (χ2n) is 6.63. The number of rotatable bonds is 3. The highest BCUT2D eigenvalue weighted by atomic mass is 32.1. The maximum atomic E-state index is 12.9. The van der Waals surface area contributed by atoms with E-state index in [1.807, 2.05) is 37.3 Å². The highest BCUT2D eigenvalue weighted by Crippen LogP contribution is 2.23. The number of piperidine rings is 1. The first kappa shape index (κ1) is 16.8. The Morgan fingerprint density at radius 1 is 1.35 bits per heavy atom. The van der Waals surface area contributed by atoms with Gasteiger partial charge in [-0.15, -0.1) is 11.3 Å². The Balaban J connectivity index is 1.45. The number of thiazole rings is 1. The molecule has 0 radical (unpaired) electrons. The molecule has 2 amide bonds. The van der Waals surface area contributed by atoms with Crippen molar-refractivity contribution in [3.05, 3.63) is 47.1 Å². The van der Waals surface area contributed by atoms with Crippen molar-refractivity contribution >= 4 is 39.2 Å². The summed E-state index contributed by atoms with van der Waals surface area (Å²) in [6.45, 7) is 3.06. The van der Waals surface area contributed by atoms with Crippen LogP contribution in [0.25, 0.3) is 10.9 Å². The van der Waals surface area contributed by atoms with Crippen LogP contribution in [-0.4, -0.2) is 39.8 Å². The van der Waals surface area contributed by atoms with E-state index in [1.54, 1.807) is 11.1 Å². The van der Waals surface area contributed by atoms with Crippen molar-refractivity contribution in [2.24, 2.45) is 5.92 Å². The molecule has 7 heteroatoms. The number of anilines is 1. The van der Waals surface area contributed by atoms with Crippen LogP contribution in [0.3, 0.4) is 0 Å². The number of benzene rings is 1. The zero-order chi connectivity index (χ0) is 18.1. The molecule has 3 aromatic rings. The first-order chi connectivity index (χ1) is 12.6. The number of fused-ring (bicyclic) bond motifs is 1. The highest BCUT2D eigenvalue weighted by molar-refractivity contribution is 7.15. The topological polar surface area (TPSA) is 78.1 Å². The number of aromatic nitrogens is 2. The number of nitrogens with one attached hydrogen (secondary N) is 2. The number of hydrogen-bond acceptors (Lipinski definition) is 4. The molecule has 134 valence electrons. The van der Waals surface area contributed by atoms with Crippen molar-refractivity contribution < 1.29 is 9.59 Å². The molecule has 0 aliphatic carbocycles. The van der Waals surface area contributed by atoms with E-state index in [9.17, 15) is 9.59 Å². The Morgan fingerprint density at radius 3 is 2.96 bits per heavy atom. The van der Waals surface area contributed by atoms with E-state index in [1.165, 1.54) is 11.3 Å². The van der Waals surface area contributed by atoms with Crippen molar-refractivity contribution in [1.29, 1.82) is 0 Å². The zero-order valence-electron chi connectivity index (χ0n) is 14.5. The molecule has 1 aliphatic heterocycles. The van der Waals surface area contributed by atoms with Gasteiger partial charge in [-0.3, -0.25) is 9.59 Å². The van der Waals surface area contributed by atoms with E-state index in [0.29, 0.717) is 23.9 Å². The third-order valence-corrected chi connectivity index (χ3v) is 5.52. The van der Waals surface area contributed by atoms with Crippen LogP contribution in [-0.2, 0) is 4.79 Å². The molecule has 26 heavy (non-hydrogen) atoms. The summed E-state index contributed by atoms with van der Waals surface area (Å²) >= 11 is 1.46. The third kappa shape index (κ3) is 3.35. The molecule has 0 bridgehead atoms. The molecule has 3 heterocycles. The first-order valence-corrected chi connectivity index (χ1v) is 9.52. The van der Waals surface area contributed by atoms with Crippen LogP contribution in [0.1, 0.15) is 28.2 Å². The van der Waals surface area contributed by atoms with Gasteiger partial charge in [0, 0.05) is 35.1 Å². The van der Waals surface area contributed by atoms with Gasteiger partial charge in [-0.1, -0.05) is 18.2 Å². The van der Waals surface area contributed by atoms with Crippen LogP contribution in [0, 0.1) is 12.8 Å². The second kappa shape index (κ2) is 6.92. The smallest absolute Gasteiger partial charge is 0.270 e. The number of H-pyrrole nitrogens is 1. The van der Waals surface area contributed by atoms with E-state index >= 15 is 0 Å². The van der Waals surface area contributed by atoms with Crippen LogP contribution in [0.15, 0.2) is 36.5 Å². The van der Waals surface area contributed by atoms with Crippen molar-refractivity contribution in [2.75, 3.05) is 18.4 Å². The van der Waals surface area contributed by atoms with E-state index in [2.05, 4.69) is 15.3 Å².